The van der Waals surface area contributed by atoms with Gasteiger partial charge in [-0.1, -0.05) is 25.8 Å². The van der Waals surface area contributed by atoms with Crippen molar-refractivity contribution in [3.63, 3.8) is 0 Å². The lowest BCUT2D eigenvalue weighted by molar-refractivity contribution is -0.118. The number of hydrogen-bond acceptors (Lipinski definition) is 5. The molecule has 0 saturated carbocycles. The number of ether oxygens (including phenoxy) is 4. The van der Waals surface area contributed by atoms with E-state index >= 15 is 0 Å². The zero-order valence-corrected chi connectivity index (χ0v) is 18.0. The third-order valence-electron chi connectivity index (χ3n) is 6.34. The van der Waals surface area contributed by atoms with Crippen LogP contribution in [-0.2, 0) is 17.8 Å². The molecule has 0 atom stereocenters. The summed E-state index contributed by atoms with van der Waals surface area (Å²) < 4.78 is 24.8. The predicted octanol–water partition coefficient (Wildman–Crippen LogP) is 4.33. The molecule has 6 rings (SSSR count). The summed E-state index contributed by atoms with van der Waals surface area (Å²) in [6.07, 6.45) is 4.20. The summed E-state index contributed by atoms with van der Waals surface area (Å²) in [5.41, 5.74) is 3.94. The molecule has 0 N–H and O–H groups in total. The molecule has 0 unspecified atom stereocenters. The van der Waals surface area contributed by atoms with Gasteiger partial charge in [0.05, 0.1) is 11.1 Å². The molecule has 32 heavy (non-hydrogen) atoms. The van der Waals surface area contributed by atoms with Gasteiger partial charge in [-0.15, -0.1) is 0 Å². The van der Waals surface area contributed by atoms with Crippen molar-refractivity contribution in [3.05, 3.63) is 41.4 Å². The third kappa shape index (κ3) is 3.03. The molecule has 2 aromatic carbocycles. The van der Waals surface area contributed by atoms with Gasteiger partial charge in [-0.25, -0.2) is 0 Å². The van der Waals surface area contributed by atoms with Gasteiger partial charge in [-0.05, 0) is 48.1 Å². The van der Waals surface area contributed by atoms with Crippen molar-refractivity contribution in [3.8, 4) is 34.3 Å². The predicted molar refractivity (Wildman–Crippen MR) is 118 cm³/mol. The van der Waals surface area contributed by atoms with Crippen LogP contribution < -0.4 is 24.4 Å². The minimum Gasteiger partial charge on any atom is -0.454 e. The largest absolute Gasteiger partial charge is 0.454 e. The van der Waals surface area contributed by atoms with E-state index in [2.05, 4.69) is 28.6 Å². The molecule has 0 radical (unpaired) electrons. The van der Waals surface area contributed by atoms with Crippen molar-refractivity contribution in [2.75, 3.05) is 13.6 Å². The first-order valence-electron chi connectivity index (χ1n) is 11.2. The van der Waals surface area contributed by atoms with Crippen molar-refractivity contribution in [2.24, 2.45) is 4.99 Å². The molecule has 1 amide bonds. The highest BCUT2D eigenvalue weighted by atomic mass is 16.7. The van der Waals surface area contributed by atoms with Gasteiger partial charge in [0.1, 0.15) is 5.49 Å². The van der Waals surface area contributed by atoms with Crippen LogP contribution in [0.15, 0.2) is 35.3 Å². The number of carbonyl (C=O) groups is 1. The Morgan fingerprint density at radius 3 is 2.69 bits per heavy atom. The third-order valence-corrected chi connectivity index (χ3v) is 6.34. The fourth-order valence-corrected chi connectivity index (χ4v) is 4.74. The Morgan fingerprint density at radius 1 is 1.00 bits per heavy atom. The summed E-state index contributed by atoms with van der Waals surface area (Å²) in [5.74, 6) is 2.78. The van der Waals surface area contributed by atoms with E-state index in [-0.39, 0.29) is 19.5 Å². The van der Waals surface area contributed by atoms with Crippen LogP contribution in [0.1, 0.15) is 38.2 Å². The molecular formula is C25H24N2O5. The lowest BCUT2D eigenvalue weighted by Gasteiger charge is -2.24. The average Bonchev–Trinajstić information content (AvgIpc) is 3.46. The minimum atomic E-state index is -0.103. The molecule has 0 saturated heterocycles. The summed E-state index contributed by atoms with van der Waals surface area (Å²) in [7, 11) is 0. The lowest BCUT2D eigenvalue weighted by Crippen LogP contribution is -2.28. The van der Waals surface area contributed by atoms with Crippen LogP contribution in [0.4, 0.5) is 0 Å². The van der Waals surface area contributed by atoms with Crippen LogP contribution in [0.2, 0.25) is 0 Å². The van der Waals surface area contributed by atoms with E-state index in [9.17, 15) is 4.79 Å². The van der Waals surface area contributed by atoms with Gasteiger partial charge in [-0.2, -0.15) is 4.99 Å². The zero-order chi connectivity index (χ0) is 21.7. The van der Waals surface area contributed by atoms with Crippen LogP contribution in [0.25, 0.3) is 22.0 Å². The standard InChI is InChI=1S/C25H24N2O5/c1-2-3-4-5-22(28)26-25-23-16(6-7-19-24(23)32-14-29-19)10-18-17-12-21-20(30-13-31-21)11-15(17)8-9-27(18)25/h6-7,10-12H,2-5,8-9,13-14H2,1H3. The highest BCUT2D eigenvalue weighted by Gasteiger charge is 2.26. The molecule has 164 valence electrons. The van der Waals surface area contributed by atoms with Crippen molar-refractivity contribution in [1.29, 1.82) is 0 Å². The first-order valence-corrected chi connectivity index (χ1v) is 11.2. The van der Waals surface area contributed by atoms with Crippen LogP contribution in [0, 0.1) is 0 Å². The van der Waals surface area contributed by atoms with Gasteiger partial charge >= 0.3 is 0 Å². The van der Waals surface area contributed by atoms with Gasteiger partial charge in [0.2, 0.25) is 19.5 Å². The van der Waals surface area contributed by atoms with Crippen molar-refractivity contribution in [2.45, 2.75) is 45.6 Å². The first kappa shape index (κ1) is 19.2. The topological polar surface area (TPSA) is 71.3 Å². The highest BCUT2D eigenvalue weighted by Crippen LogP contribution is 2.43. The van der Waals surface area contributed by atoms with E-state index in [1.807, 2.05) is 18.2 Å². The quantitative estimate of drug-likeness (QED) is 0.574. The maximum Gasteiger partial charge on any atom is 0.247 e. The summed E-state index contributed by atoms with van der Waals surface area (Å²) in [5, 5.41) is 1.79. The normalized spacial score (nSPS) is 15.7. The molecule has 3 aliphatic rings. The molecule has 0 aliphatic carbocycles. The molecule has 7 heteroatoms. The van der Waals surface area contributed by atoms with Crippen LogP contribution in [0.3, 0.4) is 0 Å². The van der Waals surface area contributed by atoms with E-state index in [4.69, 9.17) is 18.9 Å². The number of benzene rings is 2. The molecule has 7 nitrogen and oxygen atoms in total. The van der Waals surface area contributed by atoms with E-state index in [0.29, 0.717) is 30.0 Å². The maximum atomic E-state index is 12.8. The van der Waals surface area contributed by atoms with Gasteiger partial charge in [-0.3, -0.25) is 4.79 Å². The first-order chi connectivity index (χ1) is 15.7. The smallest absolute Gasteiger partial charge is 0.247 e. The second-order valence-corrected chi connectivity index (χ2v) is 8.34. The second kappa shape index (κ2) is 7.58. The number of pyridine rings is 1. The number of hydrogen-bond donors (Lipinski definition) is 0. The summed E-state index contributed by atoms with van der Waals surface area (Å²) in [6, 6.07) is 10.2. The van der Waals surface area contributed by atoms with E-state index in [1.54, 1.807) is 0 Å². The van der Waals surface area contributed by atoms with Gasteiger partial charge < -0.3 is 23.5 Å². The monoisotopic (exact) mass is 432 g/mol. The average molecular weight is 432 g/mol. The molecule has 0 bridgehead atoms. The molecule has 3 aromatic rings. The summed E-state index contributed by atoms with van der Waals surface area (Å²) in [6.45, 7) is 3.25. The second-order valence-electron chi connectivity index (χ2n) is 8.34. The Labute approximate surface area is 185 Å². The maximum absolute atomic E-state index is 12.8. The molecule has 1 aromatic heterocycles. The van der Waals surface area contributed by atoms with E-state index in [0.717, 1.165) is 59.2 Å². The van der Waals surface area contributed by atoms with Gasteiger partial charge in [0, 0.05) is 18.5 Å². The number of aromatic nitrogens is 1. The van der Waals surface area contributed by atoms with Crippen LogP contribution in [-0.4, -0.2) is 24.1 Å². The van der Waals surface area contributed by atoms with Crippen LogP contribution in [0.5, 0.6) is 23.0 Å². The molecule has 0 spiro atoms. The Morgan fingerprint density at radius 2 is 1.81 bits per heavy atom. The highest BCUT2D eigenvalue weighted by molar-refractivity contribution is 5.94. The van der Waals surface area contributed by atoms with E-state index in [1.165, 1.54) is 5.56 Å². The Kier molecular flexibility index (Phi) is 4.56. The number of fused-ring (bicyclic) bond motifs is 7. The zero-order valence-electron chi connectivity index (χ0n) is 18.0. The fourth-order valence-electron chi connectivity index (χ4n) is 4.74. The number of unbranched alkanes of at least 4 members (excludes halogenated alkanes) is 2. The summed E-state index contributed by atoms with van der Waals surface area (Å²) >= 11 is 0. The minimum absolute atomic E-state index is 0.103. The molecule has 0 fully saturated rings. The van der Waals surface area contributed by atoms with Gasteiger partial charge in [0.15, 0.2) is 23.0 Å². The lowest BCUT2D eigenvalue weighted by atomic mass is 9.95. The number of nitrogens with zero attached hydrogens (tertiary/aromatic N) is 2. The number of amides is 1. The van der Waals surface area contributed by atoms with Crippen molar-refractivity contribution in [1.82, 2.24) is 4.57 Å². The number of rotatable bonds is 4. The van der Waals surface area contributed by atoms with Crippen LogP contribution >= 0.6 is 0 Å². The fraction of sp³-hybridized carbons (Fsp3) is 0.360. The molecule has 3 aliphatic heterocycles. The Balaban J connectivity index is 1.59. The Bertz CT molecular complexity index is 1320. The summed E-state index contributed by atoms with van der Waals surface area (Å²) in [4.78, 5) is 17.5. The molecule has 4 heterocycles. The molecular weight excluding hydrogens is 408 g/mol. The van der Waals surface area contributed by atoms with Crippen molar-refractivity contribution < 1.29 is 23.7 Å². The number of carbonyl (C=O) groups excluding carboxylic acids is 1. The SMILES string of the molecule is CCCCCC(=O)N=c1c2c3c(ccc2cc2n1CCc1cc4c(cc1-2)OCO4)OCO3. The van der Waals surface area contributed by atoms with Crippen molar-refractivity contribution >= 4 is 16.7 Å². The van der Waals surface area contributed by atoms with E-state index < -0.39 is 0 Å². The van der Waals surface area contributed by atoms with Gasteiger partial charge in [0.25, 0.3) is 0 Å². The Hall–Kier alpha value is -3.48. The number of aryl methyl sites for hydroxylation is 1.